The molecule has 0 unspecified atom stereocenters. The molecule has 0 aliphatic carbocycles. The van der Waals surface area contributed by atoms with Gasteiger partial charge in [0, 0.05) is 26.5 Å². The summed E-state index contributed by atoms with van der Waals surface area (Å²) in [7, 11) is -1.18. The van der Waals surface area contributed by atoms with E-state index < -0.39 is 19.8 Å². The summed E-state index contributed by atoms with van der Waals surface area (Å²) in [5.41, 5.74) is 2.69. The van der Waals surface area contributed by atoms with Crippen LogP contribution in [0.3, 0.4) is 0 Å². The van der Waals surface area contributed by atoms with Crippen LogP contribution in [-0.4, -0.2) is 31.5 Å². The number of benzene rings is 1. The van der Waals surface area contributed by atoms with Gasteiger partial charge in [0.05, 0.1) is 5.56 Å². The number of hydrogen-bond acceptors (Lipinski definition) is 0. The standard InChI is InChI=1S/C18H25F3NSi/c1-14(13-23(2,3)4)12-22-11-5-6-17(22)15-7-9-16(10-8-15)18(19,20)21/h7-10H,1,5-6,11-13H2,2-4H3/q+1. The summed E-state index contributed by atoms with van der Waals surface area (Å²) in [4.78, 5) is 0. The monoisotopic (exact) mass is 340 g/mol. The van der Waals surface area contributed by atoms with E-state index in [0.29, 0.717) is 0 Å². The van der Waals surface area contributed by atoms with Gasteiger partial charge < -0.3 is 0 Å². The fourth-order valence-corrected chi connectivity index (χ4v) is 4.77. The summed E-state index contributed by atoms with van der Waals surface area (Å²) < 4.78 is 40.3. The molecule has 0 N–H and O–H groups in total. The topological polar surface area (TPSA) is 3.01 Å². The zero-order chi connectivity index (χ0) is 17.3. The highest BCUT2D eigenvalue weighted by Crippen LogP contribution is 2.29. The van der Waals surface area contributed by atoms with Crippen molar-refractivity contribution in [3.63, 3.8) is 0 Å². The van der Waals surface area contributed by atoms with Crippen molar-refractivity contribution in [2.75, 3.05) is 13.1 Å². The Morgan fingerprint density at radius 2 is 1.78 bits per heavy atom. The van der Waals surface area contributed by atoms with E-state index in [4.69, 9.17) is 0 Å². The van der Waals surface area contributed by atoms with Crippen molar-refractivity contribution in [1.82, 2.24) is 0 Å². The van der Waals surface area contributed by atoms with Crippen LogP contribution in [0.2, 0.25) is 25.7 Å². The second-order valence-corrected chi connectivity index (χ2v) is 13.0. The third kappa shape index (κ3) is 5.06. The van der Waals surface area contributed by atoms with Crippen LogP contribution in [0.4, 0.5) is 13.2 Å². The quantitative estimate of drug-likeness (QED) is 0.394. The van der Waals surface area contributed by atoms with Crippen molar-refractivity contribution < 1.29 is 17.7 Å². The van der Waals surface area contributed by atoms with Gasteiger partial charge in [-0.3, -0.25) is 0 Å². The lowest BCUT2D eigenvalue weighted by Gasteiger charge is -2.16. The zero-order valence-corrected chi connectivity index (χ0v) is 15.1. The van der Waals surface area contributed by atoms with Gasteiger partial charge in [-0.2, -0.15) is 13.2 Å². The second kappa shape index (κ2) is 6.63. The Balaban J connectivity index is 2.18. The number of rotatable bonds is 5. The van der Waals surface area contributed by atoms with Crippen molar-refractivity contribution in [3.05, 3.63) is 47.5 Å². The first kappa shape index (κ1) is 18.0. The molecule has 1 heterocycles. The van der Waals surface area contributed by atoms with Crippen LogP contribution < -0.4 is 0 Å². The molecule has 1 aromatic carbocycles. The predicted octanol–water partition coefficient (Wildman–Crippen LogP) is 5.20. The van der Waals surface area contributed by atoms with E-state index in [1.807, 2.05) is 0 Å². The molecule has 2 rings (SSSR count). The fraction of sp³-hybridized carbons (Fsp3) is 0.500. The lowest BCUT2D eigenvalue weighted by Crippen LogP contribution is -2.25. The minimum atomic E-state index is -4.27. The predicted molar refractivity (Wildman–Crippen MR) is 92.1 cm³/mol. The van der Waals surface area contributed by atoms with Gasteiger partial charge in [0.25, 0.3) is 0 Å². The summed E-state index contributed by atoms with van der Waals surface area (Å²) in [5, 5.41) is 0. The van der Waals surface area contributed by atoms with Crippen molar-refractivity contribution in [2.45, 2.75) is 44.7 Å². The van der Waals surface area contributed by atoms with E-state index in [1.54, 1.807) is 12.1 Å². The summed E-state index contributed by atoms with van der Waals surface area (Å²) >= 11 is 0. The maximum Gasteiger partial charge on any atom is 0.416 e. The highest BCUT2D eigenvalue weighted by Gasteiger charge is 2.31. The van der Waals surface area contributed by atoms with Crippen LogP contribution in [0.15, 0.2) is 36.4 Å². The Labute approximate surface area is 137 Å². The first-order valence-corrected chi connectivity index (χ1v) is 11.7. The smallest absolute Gasteiger partial charge is 0.229 e. The molecule has 1 aliphatic rings. The van der Waals surface area contributed by atoms with E-state index in [-0.39, 0.29) is 0 Å². The van der Waals surface area contributed by atoms with Gasteiger partial charge in [-0.15, -0.1) is 0 Å². The molecule has 0 amide bonds. The van der Waals surface area contributed by atoms with E-state index in [1.165, 1.54) is 17.7 Å². The number of nitrogens with zero attached hydrogens (tertiary/aromatic N) is 1. The lowest BCUT2D eigenvalue weighted by molar-refractivity contribution is -0.511. The highest BCUT2D eigenvalue weighted by molar-refractivity contribution is 6.76. The summed E-state index contributed by atoms with van der Waals surface area (Å²) in [6.45, 7) is 13.0. The molecule has 0 spiro atoms. The summed E-state index contributed by atoms with van der Waals surface area (Å²) in [6.07, 6.45) is -2.30. The van der Waals surface area contributed by atoms with Crippen molar-refractivity contribution in [3.8, 4) is 0 Å². The van der Waals surface area contributed by atoms with Gasteiger partial charge in [-0.1, -0.05) is 26.2 Å². The van der Waals surface area contributed by atoms with E-state index in [0.717, 1.165) is 43.3 Å². The van der Waals surface area contributed by atoms with Crippen LogP contribution in [0, 0.1) is 0 Å². The molecule has 0 bridgehead atoms. The normalized spacial score (nSPS) is 16.1. The highest BCUT2D eigenvalue weighted by atomic mass is 28.3. The zero-order valence-electron chi connectivity index (χ0n) is 14.1. The molecule has 0 aromatic heterocycles. The Morgan fingerprint density at radius 3 is 2.30 bits per heavy atom. The average molecular weight is 340 g/mol. The molecular formula is C18H25F3NSi+. The second-order valence-electron chi connectivity index (χ2n) is 7.53. The molecule has 23 heavy (non-hydrogen) atoms. The van der Waals surface area contributed by atoms with E-state index >= 15 is 0 Å². The van der Waals surface area contributed by atoms with Crippen LogP contribution in [0.5, 0.6) is 0 Å². The molecule has 126 valence electrons. The van der Waals surface area contributed by atoms with Crippen LogP contribution in [0.25, 0.3) is 0 Å². The van der Waals surface area contributed by atoms with Gasteiger partial charge in [0.1, 0.15) is 6.54 Å². The molecule has 0 saturated heterocycles. The van der Waals surface area contributed by atoms with Crippen LogP contribution in [0.1, 0.15) is 24.0 Å². The minimum Gasteiger partial charge on any atom is -0.229 e. The Kier molecular flexibility index (Phi) is 5.19. The van der Waals surface area contributed by atoms with Gasteiger partial charge in [0.15, 0.2) is 12.3 Å². The SMILES string of the molecule is C=C(C[N+]1=C(c2ccc(C(F)(F)F)cc2)CCC1)C[Si](C)(C)C. The molecule has 0 atom stereocenters. The van der Waals surface area contributed by atoms with Gasteiger partial charge in [0.2, 0.25) is 0 Å². The summed E-state index contributed by atoms with van der Waals surface area (Å²) in [5.74, 6) is 0. The Bertz CT molecular complexity index is 607. The van der Waals surface area contributed by atoms with E-state index in [2.05, 4.69) is 30.8 Å². The molecule has 5 heteroatoms. The fourth-order valence-electron chi connectivity index (χ4n) is 3.16. The maximum atomic E-state index is 12.7. The third-order valence-electron chi connectivity index (χ3n) is 3.96. The van der Waals surface area contributed by atoms with Gasteiger partial charge >= 0.3 is 6.18 Å². The first-order valence-electron chi connectivity index (χ1n) is 8.01. The van der Waals surface area contributed by atoms with E-state index in [9.17, 15) is 13.2 Å². The van der Waals surface area contributed by atoms with Gasteiger partial charge in [-0.25, -0.2) is 4.58 Å². The van der Waals surface area contributed by atoms with Crippen LogP contribution >= 0.6 is 0 Å². The molecule has 0 radical (unpaired) electrons. The molecule has 1 nitrogen and oxygen atoms in total. The number of hydrogen-bond donors (Lipinski definition) is 0. The molecule has 1 aliphatic heterocycles. The van der Waals surface area contributed by atoms with Gasteiger partial charge in [-0.05, 0) is 35.9 Å². The largest absolute Gasteiger partial charge is 0.416 e. The lowest BCUT2D eigenvalue weighted by atomic mass is 10.1. The number of alkyl halides is 3. The maximum absolute atomic E-state index is 12.7. The summed E-state index contributed by atoms with van der Waals surface area (Å²) in [6, 6.07) is 6.63. The minimum absolute atomic E-state index is 0.588. The van der Waals surface area contributed by atoms with Crippen molar-refractivity contribution in [1.29, 1.82) is 0 Å². The average Bonchev–Trinajstić information content (AvgIpc) is 2.83. The number of halogens is 3. The molecule has 1 aromatic rings. The van der Waals surface area contributed by atoms with Crippen LogP contribution in [-0.2, 0) is 6.18 Å². The Morgan fingerprint density at radius 1 is 1.17 bits per heavy atom. The van der Waals surface area contributed by atoms with Crippen molar-refractivity contribution >= 4 is 13.8 Å². The Hall–Kier alpha value is -1.36. The van der Waals surface area contributed by atoms with Crippen molar-refractivity contribution in [2.24, 2.45) is 0 Å². The molecular weight excluding hydrogens is 315 g/mol. The first-order chi connectivity index (χ1) is 10.6. The molecule has 0 saturated carbocycles. The third-order valence-corrected chi connectivity index (χ3v) is 5.52. The molecule has 0 fully saturated rings.